The fraction of sp³-hybridized carbons (Fsp3) is 0.588. The Morgan fingerprint density at radius 3 is 2.65 bits per heavy atom. The third-order valence-corrected chi connectivity index (χ3v) is 4.47. The maximum atomic E-state index is 12.4. The molecule has 1 aromatic carbocycles. The van der Waals surface area contributed by atoms with E-state index in [1.54, 1.807) is 19.1 Å². The maximum absolute atomic E-state index is 12.4. The van der Waals surface area contributed by atoms with Crippen LogP contribution in [-0.4, -0.2) is 61.6 Å². The number of aliphatic hydroxyl groups is 1. The Bertz CT molecular complexity index is 520. The molecule has 23 heavy (non-hydrogen) atoms. The fourth-order valence-corrected chi connectivity index (χ4v) is 2.93. The molecule has 0 aliphatic carbocycles. The number of methoxy groups -OCH3 is 2. The van der Waals surface area contributed by atoms with Crippen LogP contribution in [0, 0.1) is 0 Å². The minimum atomic E-state index is -0.565. The summed E-state index contributed by atoms with van der Waals surface area (Å²) in [6, 6.07) is 7.63. The van der Waals surface area contributed by atoms with E-state index in [0.717, 1.165) is 17.7 Å². The average Bonchev–Trinajstić information content (AvgIpc) is 2.93. The van der Waals surface area contributed by atoms with Gasteiger partial charge in [-0.05, 0) is 31.0 Å². The molecule has 0 saturated carbocycles. The molecule has 0 radical (unpaired) electrons. The number of likely N-dealkylation sites (tertiary alicyclic amines) is 1. The second kappa shape index (κ2) is 7.66. The molecule has 2 amide bonds. The Balaban J connectivity index is 1.86. The van der Waals surface area contributed by atoms with Gasteiger partial charge in [-0.25, -0.2) is 4.79 Å². The number of benzene rings is 1. The van der Waals surface area contributed by atoms with Crippen LogP contribution in [0.2, 0.25) is 0 Å². The normalized spacial score (nSPS) is 23.8. The summed E-state index contributed by atoms with van der Waals surface area (Å²) in [7, 11) is 3.27. The van der Waals surface area contributed by atoms with Crippen molar-refractivity contribution in [3.63, 3.8) is 0 Å². The number of ether oxygens (including phenoxy) is 2. The van der Waals surface area contributed by atoms with Crippen molar-refractivity contribution in [2.24, 2.45) is 0 Å². The van der Waals surface area contributed by atoms with Crippen molar-refractivity contribution < 1.29 is 19.4 Å². The van der Waals surface area contributed by atoms with Gasteiger partial charge in [0.15, 0.2) is 0 Å². The fourth-order valence-electron chi connectivity index (χ4n) is 2.93. The lowest BCUT2D eigenvalue weighted by Gasteiger charge is -2.33. The highest BCUT2D eigenvalue weighted by Gasteiger charge is 2.44. The van der Waals surface area contributed by atoms with Crippen molar-refractivity contribution in [2.75, 3.05) is 33.9 Å². The Hall–Kier alpha value is -1.79. The first-order valence-corrected chi connectivity index (χ1v) is 7.84. The molecule has 2 N–H and O–H groups in total. The summed E-state index contributed by atoms with van der Waals surface area (Å²) in [5, 5.41) is 12.5. The molecule has 0 aromatic heterocycles. The summed E-state index contributed by atoms with van der Waals surface area (Å²) in [6.07, 6.45) is 1.36. The monoisotopic (exact) mass is 322 g/mol. The highest BCUT2D eigenvalue weighted by atomic mass is 16.5. The number of hydrogen-bond donors (Lipinski definition) is 2. The van der Waals surface area contributed by atoms with Crippen LogP contribution in [0.5, 0.6) is 5.75 Å². The number of nitrogens with zero attached hydrogens (tertiary/aromatic N) is 1. The molecule has 2 atom stereocenters. The number of carbonyl (C=O) groups excluding carboxylic acids is 1. The topological polar surface area (TPSA) is 71.0 Å². The van der Waals surface area contributed by atoms with Gasteiger partial charge in [0.05, 0.1) is 25.4 Å². The molecule has 1 saturated heterocycles. The van der Waals surface area contributed by atoms with E-state index in [1.807, 2.05) is 31.2 Å². The summed E-state index contributed by atoms with van der Waals surface area (Å²) in [5.41, 5.74) is 0.567. The van der Waals surface area contributed by atoms with Crippen LogP contribution in [-0.2, 0) is 11.2 Å². The van der Waals surface area contributed by atoms with Crippen LogP contribution in [0.4, 0.5) is 4.79 Å². The van der Waals surface area contributed by atoms with Crippen LogP contribution in [0.15, 0.2) is 24.3 Å². The molecule has 2 rings (SSSR count). The Labute approximate surface area is 137 Å². The van der Waals surface area contributed by atoms with Gasteiger partial charge in [-0.2, -0.15) is 0 Å². The quantitative estimate of drug-likeness (QED) is 0.831. The van der Waals surface area contributed by atoms with Crippen molar-refractivity contribution >= 4 is 6.03 Å². The highest BCUT2D eigenvalue weighted by molar-refractivity contribution is 5.75. The third kappa shape index (κ3) is 4.14. The minimum Gasteiger partial charge on any atom is -0.497 e. The van der Waals surface area contributed by atoms with Gasteiger partial charge in [0.2, 0.25) is 0 Å². The summed E-state index contributed by atoms with van der Waals surface area (Å²) in [5.74, 6) is 0.819. The van der Waals surface area contributed by atoms with E-state index in [4.69, 9.17) is 9.47 Å². The number of carbonyl (C=O) groups is 1. The predicted octanol–water partition coefficient (Wildman–Crippen LogP) is 1.42. The Morgan fingerprint density at radius 2 is 2.09 bits per heavy atom. The molecule has 1 heterocycles. The predicted molar refractivity (Wildman–Crippen MR) is 87.7 cm³/mol. The van der Waals surface area contributed by atoms with E-state index in [2.05, 4.69) is 5.32 Å². The first-order chi connectivity index (χ1) is 11.0. The second-order valence-corrected chi connectivity index (χ2v) is 6.16. The number of hydrogen-bond acceptors (Lipinski definition) is 4. The molecule has 0 bridgehead atoms. The van der Waals surface area contributed by atoms with Crippen LogP contribution >= 0.6 is 0 Å². The number of rotatable bonds is 6. The molecule has 1 fully saturated rings. The van der Waals surface area contributed by atoms with Gasteiger partial charge in [0, 0.05) is 26.6 Å². The second-order valence-electron chi connectivity index (χ2n) is 6.16. The number of nitrogens with one attached hydrogen (secondary N) is 1. The summed E-state index contributed by atoms with van der Waals surface area (Å²) in [6.45, 7) is 2.86. The van der Waals surface area contributed by atoms with E-state index in [-0.39, 0.29) is 18.7 Å². The molecule has 1 aliphatic rings. The van der Waals surface area contributed by atoms with E-state index in [0.29, 0.717) is 19.5 Å². The number of urea groups is 1. The Morgan fingerprint density at radius 1 is 1.39 bits per heavy atom. The highest BCUT2D eigenvalue weighted by Crippen LogP contribution is 2.30. The molecular formula is C17H26N2O4. The van der Waals surface area contributed by atoms with Crippen molar-refractivity contribution in [3.8, 4) is 5.75 Å². The molecular weight excluding hydrogens is 296 g/mol. The van der Waals surface area contributed by atoms with Gasteiger partial charge in [0.1, 0.15) is 5.75 Å². The van der Waals surface area contributed by atoms with Crippen molar-refractivity contribution in [3.05, 3.63) is 29.8 Å². The lowest BCUT2D eigenvalue weighted by molar-refractivity contribution is 0.0951. The van der Waals surface area contributed by atoms with Crippen LogP contribution in [0.1, 0.15) is 18.9 Å². The van der Waals surface area contributed by atoms with Crippen molar-refractivity contribution in [1.82, 2.24) is 10.2 Å². The first kappa shape index (κ1) is 17.6. The smallest absolute Gasteiger partial charge is 0.318 e. The molecule has 1 aliphatic heterocycles. The summed E-state index contributed by atoms with van der Waals surface area (Å²) >= 11 is 0. The van der Waals surface area contributed by atoms with Gasteiger partial charge in [-0.15, -0.1) is 0 Å². The van der Waals surface area contributed by atoms with Crippen molar-refractivity contribution in [2.45, 2.75) is 31.4 Å². The van der Waals surface area contributed by atoms with E-state index >= 15 is 0 Å². The van der Waals surface area contributed by atoms with Crippen LogP contribution in [0.3, 0.4) is 0 Å². The van der Waals surface area contributed by atoms with E-state index < -0.39 is 5.54 Å². The van der Waals surface area contributed by atoms with Crippen molar-refractivity contribution in [1.29, 1.82) is 0 Å². The standard InChI is InChI=1S/C17H26N2O4/c1-17(12-20)10-15(23-3)11-19(17)16(21)18-9-8-13-4-6-14(22-2)7-5-13/h4-7,15,20H,8-12H2,1-3H3,(H,18,21). The maximum Gasteiger partial charge on any atom is 0.318 e. The zero-order chi connectivity index (χ0) is 16.9. The van der Waals surface area contributed by atoms with Gasteiger partial charge >= 0.3 is 6.03 Å². The van der Waals surface area contributed by atoms with Gasteiger partial charge in [-0.1, -0.05) is 12.1 Å². The van der Waals surface area contributed by atoms with Gasteiger partial charge in [-0.3, -0.25) is 0 Å². The zero-order valence-corrected chi connectivity index (χ0v) is 14.0. The molecule has 1 aromatic rings. The summed E-state index contributed by atoms with van der Waals surface area (Å²) < 4.78 is 10.5. The Kier molecular flexibility index (Phi) is 5.85. The SMILES string of the molecule is COc1ccc(CCNC(=O)N2CC(OC)CC2(C)CO)cc1. The third-order valence-electron chi connectivity index (χ3n) is 4.47. The van der Waals surface area contributed by atoms with E-state index in [9.17, 15) is 9.90 Å². The number of aliphatic hydroxyl groups excluding tert-OH is 1. The largest absolute Gasteiger partial charge is 0.497 e. The molecule has 2 unspecified atom stereocenters. The van der Waals surface area contributed by atoms with Gasteiger partial charge in [0.25, 0.3) is 0 Å². The summed E-state index contributed by atoms with van der Waals surface area (Å²) in [4.78, 5) is 14.1. The van der Waals surface area contributed by atoms with E-state index in [1.165, 1.54) is 0 Å². The van der Waals surface area contributed by atoms with Crippen LogP contribution < -0.4 is 10.1 Å². The lowest BCUT2D eigenvalue weighted by atomic mass is 10.00. The molecule has 6 nitrogen and oxygen atoms in total. The number of amides is 2. The molecule has 6 heteroatoms. The molecule has 128 valence electrons. The van der Waals surface area contributed by atoms with Gasteiger partial charge < -0.3 is 24.8 Å². The average molecular weight is 322 g/mol. The lowest BCUT2D eigenvalue weighted by Crippen LogP contribution is -2.52. The van der Waals surface area contributed by atoms with Crippen LogP contribution in [0.25, 0.3) is 0 Å². The minimum absolute atomic E-state index is 0.0283. The first-order valence-electron chi connectivity index (χ1n) is 7.84. The molecule has 0 spiro atoms. The zero-order valence-electron chi connectivity index (χ0n) is 14.0.